The molecule has 1 aliphatic rings. The third-order valence-electron chi connectivity index (χ3n) is 3.26. The van der Waals surface area contributed by atoms with Crippen molar-refractivity contribution in [3.8, 4) is 0 Å². The maximum atomic E-state index is 10.5. The fourth-order valence-electron chi connectivity index (χ4n) is 2.45. The number of allylic oxidation sites excluding steroid dienone is 1. The van der Waals surface area contributed by atoms with Crippen LogP contribution in [0.2, 0.25) is 0 Å². The molecule has 0 saturated carbocycles. The standard InChI is InChI=1S/C15H7ClN2O2/c16-15-10-3-1-2-9-4-5-12(17-7-19)11(14(9)10)6-13(15)18-8-20/h1-6,15H. The Labute approximate surface area is 119 Å². The molecular weight excluding hydrogens is 276 g/mol. The van der Waals surface area contributed by atoms with Crippen LogP contribution in [0.4, 0.5) is 5.69 Å². The summed E-state index contributed by atoms with van der Waals surface area (Å²) in [5.41, 5.74) is 2.41. The van der Waals surface area contributed by atoms with Crippen molar-refractivity contribution in [2.24, 2.45) is 9.98 Å². The van der Waals surface area contributed by atoms with E-state index < -0.39 is 5.38 Å². The molecule has 1 atom stereocenters. The van der Waals surface area contributed by atoms with Crippen LogP contribution in [0.3, 0.4) is 0 Å². The molecule has 1 aliphatic carbocycles. The third-order valence-corrected chi connectivity index (χ3v) is 3.72. The molecule has 0 aromatic heterocycles. The summed E-state index contributed by atoms with van der Waals surface area (Å²) in [6.07, 6.45) is 4.69. The van der Waals surface area contributed by atoms with Crippen LogP contribution in [0.25, 0.3) is 16.8 Å². The molecule has 5 heteroatoms. The quantitative estimate of drug-likeness (QED) is 0.478. The summed E-state index contributed by atoms with van der Waals surface area (Å²) >= 11 is 6.34. The van der Waals surface area contributed by atoms with Crippen molar-refractivity contribution in [2.75, 3.05) is 0 Å². The average Bonchev–Trinajstić information content (AvgIpc) is 2.47. The molecule has 0 radical (unpaired) electrons. The summed E-state index contributed by atoms with van der Waals surface area (Å²) in [6, 6.07) is 9.28. The molecule has 2 aromatic carbocycles. The van der Waals surface area contributed by atoms with Crippen LogP contribution in [-0.4, -0.2) is 12.2 Å². The second kappa shape index (κ2) is 4.87. The monoisotopic (exact) mass is 282 g/mol. The Morgan fingerprint density at radius 3 is 2.60 bits per heavy atom. The number of benzene rings is 2. The van der Waals surface area contributed by atoms with Crippen LogP contribution >= 0.6 is 11.6 Å². The fraction of sp³-hybridized carbons (Fsp3) is 0.0667. The maximum Gasteiger partial charge on any atom is 0.240 e. The number of hydrogen-bond donors (Lipinski definition) is 0. The van der Waals surface area contributed by atoms with E-state index in [1.165, 1.54) is 12.2 Å². The molecule has 3 rings (SSSR count). The summed E-state index contributed by atoms with van der Waals surface area (Å²) in [5, 5.41) is 1.37. The number of hydrogen-bond acceptors (Lipinski definition) is 4. The topological polar surface area (TPSA) is 58.9 Å². The van der Waals surface area contributed by atoms with E-state index in [0.717, 1.165) is 16.3 Å². The number of carbonyl (C=O) groups excluding carboxylic acids is 2. The molecule has 2 aromatic rings. The molecule has 4 nitrogen and oxygen atoms in total. The largest absolute Gasteiger partial charge is 0.240 e. The highest BCUT2D eigenvalue weighted by atomic mass is 35.5. The molecule has 0 saturated heterocycles. The molecule has 0 aliphatic heterocycles. The SMILES string of the molecule is O=C=NC1=Cc2c(N=C=O)ccc3cccc(c23)C1Cl. The van der Waals surface area contributed by atoms with Crippen molar-refractivity contribution in [2.45, 2.75) is 5.38 Å². The number of isocyanates is 2. The molecule has 0 N–H and O–H groups in total. The van der Waals surface area contributed by atoms with Crippen molar-refractivity contribution < 1.29 is 9.59 Å². The zero-order valence-corrected chi connectivity index (χ0v) is 10.9. The van der Waals surface area contributed by atoms with Gasteiger partial charge in [-0.3, -0.25) is 0 Å². The van der Waals surface area contributed by atoms with E-state index in [1.54, 1.807) is 12.1 Å². The minimum absolute atomic E-state index is 0.384. The summed E-state index contributed by atoms with van der Waals surface area (Å²) in [7, 11) is 0. The van der Waals surface area contributed by atoms with Gasteiger partial charge in [-0.25, -0.2) is 9.59 Å². The van der Waals surface area contributed by atoms with Crippen molar-refractivity contribution in [1.82, 2.24) is 0 Å². The maximum absolute atomic E-state index is 10.5. The minimum Gasteiger partial charge on any atom is -0.211 e. The van der Waals surface area contributed by atoms with Crippen LogP contribution in [0.15, 0.2) is 46.0 Å². The molecule has 0 amide bonds. The number of nitrogens with zero attached hydrogens (tertiary/aromatic N) is 2. The van der Waals surface area contributed by atoms with Crippen LogP contribution in [0.1, 0.15) is 16.5 Å². The van der Waals surface area contributed by atoms with Crippen molar-refractivity contribution in [3.63, 3.8) is 0 Å². The van der Waals surface area contributed by atoms with Gasteiger partial charge in [-0.05, 0) is 28.5 Å². The zero-order chi connectivity index (χ0) is 14.1. The zero-order valence-electron chi connectivity index (χ0n) is 10.1. The summed E-state index contributed by atoms with van der Waals surface area (Å²) in [4.78, 5) is 28.4. The Bertz CT molecular complexity index is 844. The molecule has 0 spiro atoms. The first-order valence-corrected chi connectivity index (χ1v) is 6.27. The van der Waals surface area contributed by atoms with E-state index in [1.807, 2.05) is 24.3 Å². The normalized spacial score (nSPS) is 16.1. The van der Waals surface area contributed by atoms with Crippen LogP contribution < -0.4 is 0 Å². The molecule has 96 valence electrons. The second-order valence-corrected chi connectivity index (χ2v) is 4.72. The highest BCUT2D eigenvalue weighted by Gasteiger charge is 2.24. The first-order valence-electron chi connectivity index (χ1n) is 5.83. The number of rotatable bonds is 2. The average molecular weight is 283 g/mol. The van der Waals surface area contributed by atoms with Gasteiger partial charge in [0.05, 0.1) is 11.4 Å². The van der Waals surface area contributed by atoms with Gasteiger partial charge in [-0.15, -0.1) is 11.6 Å². The highest BCUT2D eigenvalue weighted by molar-refractivity contribution is 6.25. The number of aliphatic imine (C=N–C) groups is 2. The van der Waals surface area contributed by atoms with Gasteiger partial charge in [0.2, 0.25) is 12.2 Å². The first-order chi connectivity index (χ1) is 9.76. The van der Waals surface area contributed by atoms with Gasteiger partial charge in [-0.1, -0.05) is 24.3 Å². The molecule has 0 heterocycles. The van der Waals surface area contributed by atoms with E-state index in [4.69, 9.17) is 11.6 Å². The predicted octanol–water partition coefficient (Wildman–Crippen LogP) is 3.78. The molecule has 1 unspecified atom stereocenters. The lowest BCUT2D eigenvalue weighted by Gasteiger charge is -2.20. The van der Waals surface area contributed by atoms with Crippen molar-refractivity contribution in [3.05, 3.63) is 47.2 Å². The fourth-order valence-corrected chi connectivity index (χ4v) is 2.74. The lowest BCUT2D eigenvalue weighted by atomic mass is 9.90. The molecule has 0 fully saturated rings. The smallest absolute Gasteiger partial charge is 0.211 e. The Kier molecular flexibility index (Phi) is 3.05. The van der Waals surface area contributed by atoms with Crippen LogP contribution in [0.5, 0.6) is 0 Å². The Morgan fingerprint density at radius 2 is 1.85 bits per heavy atom. The lowest BCUT2D eigenvalue weighted by molar-refractivity contribution is 0.564. The minimum atomic E-state index is -0.525. The molecule has 0 bridgehead atoms. The van der Waals surface area contributed by atoms with Gasteiger partial charge < -0.3 is 0 Å². The molecule has 20 heavy (non-hydrogen) atoms. The van der Waals surface area contributed by atoms with E-state index >= 15 is 0 Å². The Morgan fingerprint density at radius 1 is 1.05 bits per heavy atom. The van der Waals surface area contributed by atoms with Crippen molar-refractivity contribution in [1.29, 1.82) is 0 Å². The van der Waals surface area contributed by atoms with Crippen LogP contribution in [0, 0.1) is 0 Å². The van der Waals surface area contributed by atoms with Gasteiger partial charge >= 0.3 is 0 Å². The highest BCUT2D eigenvalue weighted by Crippen LogP contribution is 2.44. The predicted molar refractivity (Wildman–Crippen MR) is 76.4 cm³/mol. The van der Waals surface area contributed by atoms with E-state index in [0.29, 0.717) is 16.9 Å². The third kappa shape index (κ3) is 1.80. The summed E-state index contributed by atoms with van der Waals surface area (Å²) < 4.78 is 0. The van der Waals surface area contributed by atoms with Gasteiger partial charge in [-0.2, -0.15) is 9.98 Å². The van der Waals surface area contributed by atoms with Crippen molar-refractivity contribution >= 4 is 46.3 Å². The van der Waals surface area contributed by atoms with Gasteiger partial charge in [0.1, 0.15) is 5.38 Å². The lowest BCUT2D eigenvalue weighted by Crippen LogP contribution is -2.01. The van der Waals surface area contributed by atoms with E-state index in [2.05, 4.69) is 9.98 Å². The second-order valence-electron chi connectivity index (χ2n) is 4.28. The Hall–Kier alpha value is -2.51. The van der Waals surface area contributed by atoms with E-state index in [9.17, 15) is 9.59 Å². The molecular formula is C15H7ClN2O2. The van der Waals surface area contributed by atoms with Gasteiger partial charge in [0.25, 0.3) is 0 Å². The van der Waals surface area contributed by atoms with E-state index in [-0.39, 0.29) is 0 Å². The van der Waals surface area contributed by atoms with Crippen LogP contribution in [-0.2, 0) is 9.59 Å². The van der Waals surface area contributed by atoms with Gasteiger partial charge in [0, 0.05) is 5.56 Å². The Balaban J connectivity index is 2.46. The van der Waals surface area contributed by atoms with Gasteiger partial charge in [0.15, 0.2) is 0 Å². The summed E-state index contributed by atoms with van der Waals surface area (Å²) in [6.45, 7) is 0. The first kappa shape index (κ1) is 12.5. The summed E-state index contributed by atoms with van der Waals surface area (Å²) in [5.74, 6) is 0. The number of halogens is 1. The number of alkyl halides is 1.